The summed E-state index contributed by atoms with van der Waals surface area (Å²) in [5, 5.41) is 15.3. The van der Waals surface area contributed by atoms with E-state index in [0.29, 0.717) is 5.57 Å². The first-order chi connectivity index (χ1) is 7.77. The van der Waals surface area contributed by atoms with E-state index in [1.165, 1.54) is 19.9 Å². The van der Waals surface area contributed by atoms with Gasteiger partial charge in [0.15, 0.2) is 0 Å². The quantitative estimate of drug-likeness (QED) is 0.831. The van der Waals surface area contributed by atoms with Gasteiger partial charge in [0.25, 0.3) is 0 Å². The zero-order valence-electron chi connectivity index (χ0n) is 9.41. The molecule has 0 bridgehead atoms. The highest BCUT2D eigenvalue weighted by Crippen LogP contribution is 2.29. The van der Waals surface area contributed by atoms with Crippen molar-refractivity contribution in [2.75, 3.05) is 6.61 Å². The summed E-state index contributed by atoms with van der Waals surface area (Å²) < 4.78 is 38.7. The van der Waals surface area contributed by atoms with E-state index in [1.54, 1.807) is 0 Å². The zero-order chi connectivity index (χ0) is 13.2. The Labute approximate surface area is 96.1 Å². The minimum atomic E-state index is -4.57. The second kappa shape index (κ2) is 4.70. The highest BCUT2D eigenvalue weighted by Gasteiger charge is 2.38. The molecule has 0 fully saturated rings. The molecule has 0 saturated carbocycles. The van der Waals surface area contributed by atoms with Gasteiger partial charge < -0.3 is 5.11 Å². The molecule has 4 nitrogen and oxygen atoms in total. The van der Waals surface area contributed by atoms with Crippen LogP contribution >= 0.6 is 0 Å². The van der Waals surface area contributed by atoms with E-state index in [1.807, 2.05) is 0 Å². The Morgan fingerprint density at radius 2 is 2.06 bits per heavy atom. The van der Waals surface area contributed by atoms with Crippen LogP contribution < -0.4 is 0 Å². The third-order valence-electron chi connectivity index (χ3n) is 2.05. The number of alkyl halides is 3. The molecule has 0 radical (unpaired) electrons. The van der Waals surface area contributed by atoms with Crippen molar-refractivity contribution in [2.45, 2.75) is 20.0 Å². The van der Waals surface area contributed by atoms with Crippen LogP contribution in [0.15, 0.2) is 18.2 Å². The lowest BCUT2D eigenvalue weighted by Gasteiger charge is -2.11. The number of rotatable bonds is 3. The van der Waals surface area contributed by atoms with Crippen molar-refractivity contribution in [1.82, 2.24) is 14.8 Å². The highest BCUT2D eigenvalue weighted by molar-refractivity contribution is 5.49. The van der Waals surface area contributed by atoms with Crippen LogP contribution in [-0.2, 0) is 6.18 Å². The number of aromatic nitrogens is 3. The molecule has 1 aromatic heterocycles. The van der Waals surface area contributed by atoms with Crippen LogP contribution in [-0.4, -0.2) is 26.5 Å². The minimum absolute atomic E-state index is 0.122. The number of nitrogens with zero attached hydrogens (tertiary/aromatic N) is 3. The van der Waals surface area contributed by atoms with Gasteiger partial charge in [-0.05, 0) is 25.5 Å². The van der Waals surface area contributed by atoms with Crippen molar-refractivity contribution >= 4 is 5.70 Å². The number of aliphatic hydroxyl groups is 1. The number of hydrogen-bond donors (Lipinski definition) is 1. The van der Waals surface area contributed by atoms with Gasteiger partial charge in [-0.2, -0.15) is 13.2 Å². The van der Waals surface area contributed by atoms with Crippen LogP contribution in [0.2, 0.25) is 0 Å². The van der Waals surface area contributed by atoms with Gasteiger partial charge in [0.1, 0.15) is 5.82 Å². The first-order valence-electron chi connectivity index (χ1n) is 4.74. The first-order valence-corrected chi connectivity index (χ1v) is 4.74. The molecule has 17 heavy (non-hydrogen) atoms. The molecule has 1 N–H and O–H groups in total. The molecule has 0 aliphatic rings. The Kier molecular flexibility index (Phi) is 3.72. The second-order valence-electron chi connectivity index (χ2n) is 3.51. The fourth-order valence-electron chi connectivity index (χ4n) is 1.37. The van der Waals surface area contributed by atoms with Crippen molar-refractivity contribution in [3.8, 4) is 0 Å². The average molecular weight is 247 g/mol. The molecular formula is C10H12F3N3O. The summed E-state index contributed by atoms with van der Waals surface area (Å²) in [7, 11) is 0. The summed E-state index contributed by atoms with van der Waals surface area (Å²) in [4.78, 5) is 0. The molecule has 0 saturated heterocycles. The van der Waals surface area contributed by atoms with Gasteiger partial charge in [0.05, 0.1) is 6.61 Å². The maximum absolute atomic E-state index is 12.6. The summed E-state index contributed by atoms with van der Waals surface area (Å²) in [6.45, 7) is 6.05. The number of halogens is 3. The molecule has 0 unspecified atom stereocenters. The van der Waals surface area contributed by atoms with Gasteiger partial charge >= 0.3 is 6.18 Å². The Morgan fingerprint density at radius 3 is 2.53 bits per heavy atom. The molecule has 1 heterocycles. The van der Waals surface area contributed by atoms with E-state index < -0.39 is 12.0 Å². The molecule has 0 spiro atoms. The standard InChI is InChI=1S/C10H12F3N3O/c1-6(5-17)4-7(2)16-8(3)14-15-9(16)10(11,12)13/h4,17H,1,5H2,2-3H3/b7-4+. The number of allylic oxidation sites excluding steroid dienone is 1. The lowest BCUT2D eigenvalue weighted by molar-refractivity contribution is -0.146. The number of hydrogen-bond acceptors (Lipinski definition) is 3. The predicted molar refractivity (Wildman–Crippen MR) is 55.9 cm³/mol. The van der Waals surface area contributed by atoms with Crippen LogP contribution in [0.4, 0.5) is 13.2 Å². The van der Waals surface area contributed by atoms with E-state index in [-0.39, 0.29) is 18.1 Å². The Bertz CT molecular complexity index is 460. The van der Waals surface area contributed by atoms with Gasteiger partial charge in [-0.15, -0.1) is 10.2 Å². The molecular weight excluding hydrogens is 235 g/mol. The van der Waals surface area contributed by atoms with Gasteiger partial charge in [-0.1, -0.05) is 6.58 Å². The maximum Gasteiger partial charge on any atom is 0.452 e. The van der Waals surface area contributed by atoms with Gasteiger partial charge in [-0.3, -0.25) is 4.57 Å². The molecule has 0 atom stereocenters. The molecule has 0 aliphatic heterocycles. The molecule has 0 aliphatic carbocycles. The smallest absolute Gasteiger partial charge is 0.392 e. The lowest BCUT2D eigenvalue weighted by Crippen LogP contribution is -2.14. The molecule has 0 aromatic carbocycles. The monoisotopic (exact) mass is 247 g/mol. The Hall–Kier alpha value is -1.63. The van der Waals surface area contributed by atoms with E-state index in [9.17, 15) is 13.2 Å². The molecule has 0 amide bonds. The summed E-state index contributed by atoms with van der Waals surface area (Å²) in [5.41, 5.74) is 0.558. The van der Waals surface area contributed by atoms with Crippen molar-refractivity contribution in [1.29, 1.82) is 0 Å². The highest BCUT2D eigenvalue weighted by atomic mass is 19.4. The molecule has 7 heteroatoms. The minimum Gasteiger partial charge on any atom is -0.392 e. The SMILES string of the molecule is C=C(/C=C(\C)n1c(C)nnc1C(F)(F)F)CO. The fraction of sp³-hybridized carbons (Fsp3) is 0.400. The largest absolute Gasteiger partial charge is 0.452 e. The van der Waals surface area contributed by atoms with Gasteiger partial charge in [0.2, 0.25) is 5.82 Å². The number of aryl methyl sites for hydroxylation is 1. The Balaban J connectivity index is 3.27. The van der Waals surface area contributed by atoms with Gasteiger partial charge in [0, 0.05) is 5.70 Å². The van der Waals surface area contributed by atoms with Crippen molar-refractivity contribution < 1.29 is 18.3 Å². The van der Waals surface area contributed by atoms with Crippen LogP contribution in [0.3, 0.4) is 0 Å². The lowest BCUT2D eigenvalue weighted by atomic mass is 10.2. The summed E-state index contributed by atoms with van der Waals surface area (Å²) in [6.07, 6.45) is -3.22. The van der Waals surface area contributed by atoms with E-state index in [0.717, 1.165) is 4.57 Å². The third kappa shape index (κ3) is 2.94. The van der Waals surface area contributed by atoms with Crippen LogP contribution in [0.5, 0.6) is 0 Å². The first kappa shape index (κ1) is 13.4. The molecule has 94 valence electrons. The normalized spacial score (nSPS) is 12.9. The van der Waals surface area contributed by atoms with Crippen molar-refractivity contribution in [3.63, 3.8) is 0 Å². The fourth-order valence-corrected chi connectivity index (χ4v) is 1.37. The van der Waals surface area contributed by atoms with E-state index in [4.69, 9.17) is 5.11 Å². The zero-order valence-corrected chi connectivity index (χ0v) is 9.41. The van der Waals surface area contributed by atoms with Crippen molar-refractivity contribution in [3.05, 3.63) is 29.9 Å². The van der Waals surface area contributed by atoms with E-state index >= 15 is 0 Å². The second-order valence-corrected chi connectivity index (χ2v) is 3.51. The van der Waals surface area contributed by atoms with Crippen LogP contribution in [0.1, 0.15) is 18.6 Å². The van der Waals surface area contributed by atoms with E-state index in [2.05, 4.69) is 16.8 Å². The Morgan fingerprint density at radius 1 is 1.47 bits per heavy atom. The molecule has 1 rings (SSSR count). The van der Waals surface area contributed by atoms with Crippen molar-refractivity contribution in [2.24, 2.45) is 0 Å². The van der Waals surface area contributed by atoms with Crippen LogP contribution in [0.25, 0.3) is 5.70 Å². The predicted octanol–water partition coefficient (Wildman–Crippen LogP) is 2.01. The van der Waals surface area contributed by atoms with Gasteiger partial charge in [-0.25, -0.2) is 0 Å². The summed E-state index contributed by atoms with van der Waals surface area (Å²) in [5.74, 6) is -0.966. The molecule has 1 aromatic rings. The van der Waals surface area contributed by atoms with Crippen LogP contribution in [0, 0.1) is 6.92 Å². The average Bonchev–Trinajstić information content (AvgIpc) is 2.59. The summed E-state index contributed by atoms with van der Waals surface area (Å²) >= 11 is 0. The third-order valence-corrected chi connectivity index (χ3v) is 2.05. The maximum atomic E-state index is 12.6. The number of aliphatic hydroxyl groups excluding tert-OH is 1. The topological polar surface area (TPSA) is 50.9 Å². The summed E-state index contributed by atoms with van der Waals surface area (Å²) in [6, 6.07) is 0.